The number of anilines is 1. The molecular weight excluding hydrogens is 301 g/mol. The van der Waals surface area contributed by atoms with E-state index in [2.05, 4.69) is 5.32 Å². The van der Waals surface area contributed by atoms with Crippen LogP contribution in [-0.4, -0.2) is 18.1 Å². The molecule has 0 bridgehead atoms. The fourth-order valence-electron chi connectivity index (χ4n) is 1.61. The van der Waals surface area contributed by atoms with Crippen LogP contribution in [0.3, 0.4) is 0 Å². The number of carbonyl (C=O) groups excluding carboxylic acids is 1. The van der Waals surface area contributed by atoms with Gasteiger partial charge >= 0.3 is 0 Å². The third-order valence-electron chi connectivity index (χ3n) is 2.62. The molecule has 0 aliphatic rings. The lowest BCUT2D eigenvalue weighted by atomic mass is 10.2. The second kappa shape index (κ2) is 6.03. The van der Waals surface area contributed by atoms with Gasteiger partial charge in [-0.15, -0.1) is 0 Å². The molecule has 0 fully saturated rings. The number of ether oxygens (including phenoxy) is 1. The highest BCUT2D eigenvalue weighted by Crippen LogP contribution is 2.31. The summed E-state index contributed by atoms with van der Waals surface area (Å²) in [7, 11) is 1.56. The quantitative estimate of drug-likeness (QED) is 0.902. The lowest BCUT2D eigenvalue weighted by molar-refractivity contribution is 0.102. The Morgan fingerprint density at radius 1 is 1.20 bits per heavy atom. The van der Waals surface area contributed by atoms with Crippen LogP contribution in [0.5, 0.6) is 11.5 Å². The van der Waals surface area contributed by atoms with Crippen LogP contribution in [0, 0.1) is 0 Å². The Morgan fingerprint density at radius 2 is 1.85 bits per heavy atom. The van der Waals surface area contributed by atoms with Crippen molar-refractivity contribution in [3.05, 3.63) is 52.0 Å². The van der Waals surface area contributed by atoms with Crippen molar-refractivity contribution < 1.29 is 14.6 Å². The van der Waals surface area contributed by atoms with Crippen LogP contribution in [0.2, 0.25) is 10.0 Å². The van der Waals surface area contributed by atoms with Crippen LogP contribution in [0.25, 0.3) is 0 Å². The Morgan fingerprint density at radius 3 is 2.45 bits per heavy atom. The Hall–Kier alpha value is -1.91. The van der Waals surface area contributed by atoms with Gasteiger partial charge in [0, 0.05) is 10.7 Å². The predicted octanol–water partition coefficient (Wildman–Crippen LogP) is 3.96. The molecule has 1 amide bonds. The number of hydrogen-bond donors (Lipinski definition) is 2. The molecule has 0 unspecified atom stereocenters. The molecule has 6 heteroatoms. The lowest BCUT2D eigenvalue weighted by Crippen LogP contribution is -2.12. The standard InChI is InChI=1S/C14H11Cl2NO3/c1-20-10-4-2-9(3-5-10)17-14(19)11-6-8(15)7-12(16)13(11)18/h2-7,18H,1H3,(H,17,19). The maximum Gasteiger partial charge on any atom is 0.259 e. The van der Waals surface area contributed by atoms with Crippen molar-refractivity contribution in [2.45, 2.75) is 0 Å². The highest BCUT2D eigenvalue weighted by molar-refractivity contribution is 6.36. The van der Waals surface area contributed by atoms with Gasteiger partial charge < -0.3 is 15.2 Å². The molecule has 0 spiro atoms. The summed E-state index contributed by atoms with van der Waals surface area (Å²) in [6.07, 6.45) is 0. The molecule has 0 aliphatic heterocycles. The van der Waals surface area contributed by atoms with Crippen LogP contribution in [-0.2, 0) is 0 Å². The summed E-state index contributed by atoms with van der Waals surface area (Å²) in [6.45, 7) is 0. The van der Waals surface area contributed by atoms with E-state index in [1.54, 1.807) is 31.4 Å². The zero-order chi connectivity index (χ0) is 14.7. The number of benzene rings is 2. The molecule has 2 N–H and O–H groups in total. The normalized spacial score (nSPS) is 10.2. The summed E-state index contributed by atoms with van der Waals surface area (Å²) in [5.41, 5.74) is 0.574. The molecule has 0 atom stereocenters. The molecule has 2 aromatic carbocycles. The van der Waals surface area contributed by atoms with E-state index in [1.807, 2.05) is 0 Å². The molecule has 4 nitrogen and oxygen atoms in total. The molecule has 0 saturated carbocycles. The molecule has 0 radical (unpaired) electrons. The molecule has 0 saturated heterocycles. The average Bonchev–Trinajstić information content (AvgIpc) is 2.43. The number of nitrogens with one attached hydrogen (secondary N) is 1. The van der Waals surface area contributed by atoms with Crippen molar-refractivity contribution in [1.29, 1.82) is 0 Å². The minimum atomic E-state index is -0.503. The number of hydrogen-bond acceptors (Lipinski definition) is 3. The maximum absolute atomic E-state index is 12.1. The van der Waals surface area contributed by atoms with Crippen LogP contribution in [0.1, 0.15) is 10.4 Å². The minimum Gasteiger partial charge on any atom is -0.506 e. The summed E-state index contributed by atoms with van der Waals surface area (Å²) in [6, 6.07) is 9.49. The van der Waals surface area contributed by atoms with E-state index >= 15 is 0 Å². The monoisotopic (exact) mass is 311 g/mol. The number of phenols is 1. The topological polar surface area (TPSA) is 58.6 Å². The molecule has 0 heterocycles. The molecule has 2 rings (SSSR count). The predicted molar refractivity (Wildman–Crippen MR) is 79.1 cm³/mol. The van der Waals surface area contributed by atoms with Gasteiger partial charge in [-0.05, 0) is 36.4 Å². The first-order valence-electron chi connectivity index (χ1n) is 5.64. The highest BCUT2D eigenvalue weighted by atomic mass is 35.5. The average molecular weight is 312 g/mol. The van der Waals surface area contributed by atoms with Crippen LogP contribution >= 0.6 is 23.2 Å². The first-order chi connectivity index (χ1) is 9.51. The second-order valence-electron chi connectivity index (χ2n) is 3.97. The Bertz CT molecular complexity index is 642. The van der Waals surface area contributed by atoms with Gasteiger partial charge in [0.15, 0.2) is 0 Å². The summed E-state index contributed by atoms with van der Waals surface area (Å²) in [4.78, 5) is 12.1. The lowest BCUT2D eigenvalue weighted by Gasteiger charge is -2.09. The van der Waals surface area contributed by atoms with Crippen LogP contribution < -0.4 is 10.1 Å². The summed E-state index contributed by atoms with van der Waals surface area (Å²) < 4.78 is 5.02. The second-order valence-corrected chi connectivity index (χ2v) is 4.81. The zero-order valence-corrected chi connectivity index (χ0v) is 12.0. The minimum absolute atomic E-state index is 0.0123. The van der Waals surface area contributed by atoms with Crippen molar-refractivity contribution in [3.8, 4) is 11.5 Å². The van der Waals surface area contributed by atoms with E-state index < -0.39 is 5.91 Å². The number of methoxy groups -OCH3 is 1. The number of amides is 1. The van der Waals surface area contributed by atoms with Crippen molar-refractivity contribution in [3.63, 3.8) is 0 Å². The van der Waals surface area contributed by atoms with Crippen molar-refractivity contribution in [1.82, 2.24) is 0 Å². The van der Waals surface area contributed by atoms with E-state index in [1.165, 1.54) is 12.1 Å². The maximum atomic E-state index is 12.1. The summed E-state index contributed by atoms with van der Waals surface area (Å²) in [5.74, 6) is -0.129. The van der Waals surface area contributed by atoms with Gasteiger partial charge in [0.05, 0.1) is 17.7 Å². The zero-order valence-electron chi connectivity index (χ0n) is 10.5. The van der Waals surface area contributed by atoms with E-state index in [-0.39, 0.29) is 21.4 Å². The smallest absolute Gasteiger partial charge is 0.259 e. The SMILES string of the molecule is COc1ccc(NC(=O)c2cc(Cl)cc(Cl)c2O)cc1. The Labute approximate surface area is 125 Å². The van der Waals surface area contributed by atoms with E-state index in [0.29, 0.717) is 11.4 Å². The van der Waals surface area contributed by atoms with E-state index in [9.17, 15) is 9.90 Å². The Kier molecular flexibility index (Phi) is 4.37. The van der Waals surface area contributed by atoms with Gasteiger partial charge in [0.25, 0.3) is 5.91 Å². The largest absolute Gasteiger partial charge is 0.506 e. The van der Waals surface area contributed by atoms with Crippen LogP contribution in [0.15, 0.2) is 36.4 Å². The van der Waals surface area contributed by atoms with E-state index in [4.69, 9.17) is 27.9 Å². The van der Waals surface area contributed by atoms with Gasteiger partial charge in [0.2, 0.25) is 0 Å². The van der Waals surface area contributed by atoms with Gasteiger partial charge in [-0.3, -0.25) is 4.79 Å². The number of phenolic OH excluding ortho intramolecular Hbond substituents is 1. The number of rotatable bonds is 3. The summed E-state index contributed by atoms with van der Waals surface area (Å²) in [5, 5.41) is 12.7. The third-order valence-corrected chi connectivity index (χ3v) is 3.13. The fraction of sp³-hybridized carbons (Fsp3) is 0.0714. The van der Waals surface area contributed by atoms with Crippen molar-refractivity contribution in [2.75, 3.05) is 12.4 Å². The van der Waals surface area contributed by atoms with Crippen molar-refractivity contribution in [2.24, 2.45) is 0 Å². The summed E-state index contributed by atoms with van der Waals surface area (Å²) >= 11 is 11.6. The first kappa shape index (κ1) is 14.5. The van der Waals surface area contributed by atoms with Crippen LogP contribution in [0.4, 0.5) is 5.69 Å². The Balaban J connectivity index is 2.23. The van der Waals surface area contributed by atoms with Crippen molar-refractivity contribution >= 4 is 34.8 Å². The van der Waals surface area contributed by atoms with Gasteiger partial charge in [0.1, 0.15) is 11.5 Å². The molecule has 20 heavy (non-hydrogen) atoms. The van der Waals surface area contributed by atoms with E-state index in [0.717, 1.165) is 0 Å². The van der Waals surface area contributed by atoms with Gasteiger partial charge in [-0.1, -0.05) is 23.2 Å². The molecule has 0 aromatic heterocycles. The number of carbonyl (C=O) groups is 1. The highest BCUT2D eigenvalue weighted by Gasteiger charge is 2.15. The van der Waals surface area contributed by atoms with Gasteiger partial charge in [-0.2, -0.15) is 0 Å². The first-order valence-corrected chi connectivity index (χ1v) is 6.40. The number of halogens is 2. The molecule has 0 aliphatic carbocycles. The number of aromatic hydroxyl groups is 1. The van der Waals surface area contributed by atoms with Gasteiger partial charge in [-0.25, -0.2) is 0 Å². The fourth-order valence-corrected chi connectivity index (χ4v) is 2.11. The third kappa shape index (κ3) is 3.15. The molecule has 104 valence electrons. The molecular formula is C14H11Cl2NO3. The molecule has 2 aromatic rings.